The molecule has 0 spiro atoms. The van der Waals surface area contributed by atoms with Crippen molar-refractivity contribution in [1.82, 2.24) is 19.8 Å². The van der Waals surface area contributed by atoms with Crippen LogP contribution in [0.1, 0.15) is 49.9 Å². The number of carbonyl (C=O) groups is 1. The second kappa shape index (κ2) is 10.1. The van der Waals surface area contributed by atoms with E-state index in [-0.39, 0.29) is 11.5 Å². The molecule has 4 rings (SSSR count). The van der Waals surface area contributed by atoms with Crippen molar-refractivity contribution in [2.45, 2.75) is 52.1 Å². The summed E-state index contributed by atoms with van der Waals surface area (Å²) in [5.74, 6) is -0.0870. The Balaban J connectivity index is 1.48. The average molecular weight is 433 g/mol. The number of amides is 1. The topological polar surface area (TPSA) is 67.2 Å². The van der Waals surface area contributed by atoms with E-state index in [1.54, 1.807) is 16.7 Å². The molecular formula is C26H32N4O2. The Kier molecular flexibility index (Phi) is 7.00. The molecule has 2 aromatic carbocycles. The number of nitrogens with zero attached hydrogens (tertiary/aromatic N) is 3. The molecule has 0 aliphatic carbocycles. The van der Waals surface area contributed by atoms with Gasteiger partial charge in [-0.25, -0.2) is 4.98 Å². The van der Waals surface area contributed by atoms with E-state index in [9.17, 15) is 9.59 Å². The Morgan fingerprint density at radius 3 is 2.62 bits per heavy atom. The number of rotatable bonds is 7. The monoisotopic (exact) mass is 432 g/mol. The second-order valence-electron chi connectivity index (χ2n) is 8.62. The molecule has 1 saturated heterocycles. The number of aryl methyl sites for hydroxylation is 1. The third-order valence-corrected chi connectivity index (χ3v) is 6.35. The van der Waals surface area contributed by atoms with Crippen LogP contribution in [0.5, 0.6) is 0 Å². The van der Waals surface area contributed by atoms with Crippen LogP contribution >= 0.6 is 0 Å². The van der Waals surface area contributed by atoms with E-state index in [2.05, 4.69) is 29.0 Å². The minimum absolute atomic E-state index is 0.0870. The summed E-state index contributed by atoms with van der Waals surface area (Å²) in [4.78, 5) is 32.8. The number of piperidine rings is 1. The fourth-order valence-electron chi connectivity index (χ4n) is 4.51. The third-order valence-electron chi connectivity index (χ3n) is 6.35. The summed E-state index contributed by atoms with van der Waals surface area (Å²) < 4.78 is 1.79. The van der Waals surface area contributed by atoms with Crippen molar-refractivity contribution in [2.75, 3.05) is 19.6 Å². The first-order valence-corrected chi connectivity index (χ1v) is 11.7. The smallest absolute Gasteiger partial charge is 0.277 e. The number of fused-ring (bicyclic) bond motifs is 1. The number of benzene rings is 2. The first kappa shape index (κ1) is 22.2. The molecule has 1 atom stereocenters. The Morgan fingerprint density at radius 1 is 1.09 bits per heavy atom. The van der Waals surface area contributed by atoms with Crippen LogP contribution in [-0.2, 0) is 6.54 Å². The molecule has 1 aromatic heterocycles. The fraction of sp³-hybridized carbons (Fsp3) is 0.423. The number of likely N-dealkylation sites (tertiary alicyclic amines) is 1. The van der Waals surface area contributed by atoms with Gasteiger partial charge in [0.15, 0.2) is 0 Å². The highest BCUT2D eigenvalue weighted by molar-refractivity contribution is 5.94. The Morgan fingerprint density at radius 2 is 1.88 bits per heavy atom. The Bertz CT molecular complexity index is 1140. The predicted molar refractivity (Wildman–Crippen MR) is 129 cm³/mol. The van der Waals surface area contributed by atoms with Gasteiger partial charge in [0.25, 0.3) is 11.5 Å². The molecular weight excluding hydrogens is 400 g/mol. The molecule has 0 bridgehead atoms. The molecule has 1 aliphatic heterocycles. The van der Waals surface area contributed by atoms with Crippen LogP contribution in [-0.4, -0.2) is 46.0 Å². The quantitative estimate of drug-likeness (QED) is 0.611. The van der Waals surface area contributed by atoms with Gasteiger partial charge in [0.05, 0.1) is 11.0 Å². The minimum Gasteiger partial charge on any atom is -0.351 e. The van der Waals surface area contributed by atoms with Crippen molar-refractivity contribution in [3.8, 4) is 11.3 Å². The second-order valence-corrected chi connectivity index (χ2v) is 8.62. The van der Waals surface area contributed by atoms with Crippen molar-refractivity contribution < 1.29 is 4.79 Å². The van der Waals surface area contributed by atoms with Gasteiger partial charge in [-0.05, 0) is 57.0 Å². The van der Waals surface area contributed by atoms with E-state index >= 15 is 0 Å². The van der Waals surface area contributed by atoms with Gasteiger partial charge in [0.1, 0.15) is 5.69 Å². The third kappa shape index (κ3) is 4.75. The van der Waals surface area contributed by atoms with E-state index in [0.717, 1.165) is 36.1 Å². The van der Waals surface area contributed by atoms with E-state index in [1.165, 1.54) is 19.3 Å². The number of hydrogen-bond donors (Lipinski definition) is 1. The highest BCUT2D eigenvalue weighted by Crippen LogP contribution is 2.19. The average Bonchev–Trinajstić information content (AvgIpc) is 2.82. The molecule has 2 heterocycles. The van der Waals surface area contributed by atoms with Crippen LogP contribution in [0.15, 0.2) is 53.3 Å². The Labute approximate surface area is 189 Å². The molecule has 6 nitrogen and oxygen atoms in total. The normalized spacial score (nSPS) is 16.9. The highest BCUT2D eigenvalue weighted by atomic mass is 16.1. The zero-order valence-corrected chi connectivity index (χ0v) is 19.0. The highest BCUT2D eigenvalue weighted by Gasteiger charge is 2.18. The summed E-state index contributed by atoms with van der Waals surface area (Å²) in [6.07, 6.45) is 4.63. The summed E-state index contributed by atoms with van der Waals surface area (Å²) in [6.45, 7) is 7.59. The van der Waals surface area contributed by atoms with E-state index in [4.69, 9.17) is 0 Å². The van der Waals surface area contributed by atoms with Gasteiger partial charge in [-0.3, -0.25) is 14.5 Å². The molecule has 0 saturated carbocycles. The lowest BCUT2D eigenvalue weighted by Crippen LogP contribution is -2.42. The maximum absolute atomic E-state index is 13.1. The molecule has 168 valence electrons. The zero-order chi connectivity index (χ0) is 22.5. The number of hydrogen-bond acceptors (Lipinski definition) is 4. The molecule has 32 heavy (non-hydrogen) atoms. The fourth-order valence-corrected chi connectivity index (χ4v) is 4.51. The van der Waals surface area contributed by atoms with Crippen molar-refractivity contribution >= 4 is 16.9 Å². The summed E-state index contributed by atoms with van der Waals surface area (Å²) in [5, 5.41) is 3.03. The van der Waals surface area contributed by atoms with Gasteiger partial charge < -0.3 is 9.88 Å². The predicted octanol–water partition coefficient (Wildman–Crippen LogP) is 4.08. The van der Waals surface area contributed by atoms with Crippen molar-refractivity contribution in [2.24, 2.45) is 0 Å². The molecule has 0 radical (unpaired) electrons. The van der Waals surface area contributed by atoms with Gasteiger partial charge in [-0.1, -0.05) is 37.6 Å². The summed E-state index contributed by atoms with van der Waals surface area (Å²) >= 11 is 0. The van der Waals surface area contributed by atoms with Crippen LogP contribution in [0.4, 0.5) is 0 Å². The lowest BCUT2D eigenvalue weighted by atomic mass is 10.0. The maximum atomic E-state index is 13.1. The Hall–Kier alpha value is -2.99. The maximum Gasteiger partial charge on any atom is 0.277 e. The number of para-hydroxylation sites is 2. The SMILES string of the molecule is CCCn1c(=O)c(-c2ccc(C(=O)NCCN3CCCCC3C)cc2)nc2ccccc21. The molecule has 1 N–H and O–H groups in total. The molecule has 1 aliphatic rings. The first-order chi connectivity index (χ1) is 15.6. The van der Waals surface area contributed by atoms with Gasteiger partial charge in [0, 0.05) is 36.8 Å². The van der Waals surface area contributed by atoms with E-state index in [0.29, 0.717) is 30.4 Å². The van der Waals surface area contributed by atoms with Crippen molar-refractivity contribution in [1.29, 1.82) is 0 Å². The summed E-state index contributed by atoms with van der Waals surface area (Å²) in [7, 11) is 0. The van der Waals surface area contributed by atoms with Gasteiger partial charge in [-0.15, -0.1) is 0 Å². The van der Waals surface area contributed by atoms with Crippen LogP contribution in [0, 0.1) is 0 Å². The van der Waals surface area contributed by atoms with Gasteiger partial charge in [0.2, 0.25) is 0 Å². The van der Waals surface area contributed by atoms with Crippen LogP contribution in [0.25, 0.3) is 22.3 Å². The largest absolute Gasteiger partial charge is 0.351 e. The van der Waals surface area contributed by atoms with Gasteiger partial charge in [-0.2, -0.15) is 0 Å². The lowest BCUT2D eigenvalue weighted by molar-refractivity contribution is 0.0938. The molecule has 6 heteroatoms. The van der Waals surface area contributed by atoms with Crippen LogP contribution < -0.4 is 10.9 Å². The van der Waals surface area contributed by atoms with Crippen LogP contribution in [0.2, 0.25) is 0 Å². The van der Waals surface area contributed by atoms with Crippen molar-refractivity contribution in [3.63, 3.8) is 0 Å². The molecule has 1 amide bonds. The van der Waals surface area contributed by atoms with Crippen molar-refractivity contribution in [3.05, 3.63) is 64.4 Å². The lowest BCUT2D eigenvalue weighted by Gasteiger charge is -2.33. The summed E-state index contributed by atoms with van der Waals surface area (Å²) in [6, 6.07) is 15.5. The number of nitrogens with one attached hydrogen (secondary N) is 1. The van der Waals surface area contributed by atoms with Gasteiger partial charge >= 0.3 is 0 Å². The molecule has 3 aromatic rings. The standard InChI is InChI=1S/C26H32N4O2/c1-3-16-30-23-10-5-4-9-22(23)28-24(26(30)32)20-11-13-21(14-12-20)25(31)27-15-18-29-17-7-6-8-19(29)2/h4-5,9-14,19H,3,6-8,15-18H2,1-2H3,(H,27,31). The number of carbonyl (C=O) groups excluding carboxylic acids is 1. The number of aromatic nitrogens is 2. The minimum atomic E-state index is -0.0987. The first-order valence-electron chi connectivity index (χ1n) is 11.7. The summed E-state index contributed by atoms with van der Waals surface area (Å²) in [5.41, 5.74) is 3.28. The van der Waals surface area contributed by atoms with E-state index in [1.807, 2.05) is 36.4 Å². The van der Waals surface area contributed by atoms with Crippen LogP contribution in [0.3, 0.4) is 0 Å². The molecule has 1 unspecified atom stereocenters. The van der Waals surface area contributed by atoms with E-state index < -0.39 is 0 Å². The zero-order valence-electron chi connectivity index (χ0n) is 19.0. The molecule has 1 fully saturated rings.